The van der Waals surface area contributed by atoms with Crippen molar-refractivity contribution in [2.24, 2.45) is 0 Å². The minimum atomic E-state index is -0.935. The highest BCUT2D eigenvalue weighted by atomic mass is 16.4. The number of nitrogens with zero attached hydrogens (tertiary/aromatic N) is 1. The minimum absolute atomic E-state index is 0.283. The number of aryl methyl sites for hydroxylation is 2. The van der Waals surface area contributed by atoms with Crippen molar-refractivity contribution >= 4 is 29.0 Å². The van der Waals surface area contributed by atoms with Gasteiger partial charge in [0.05, 0.1) is 16.8 Å². The molecule has 0 aliphatic heterocycles. The van der Waals surface area contributed by atoms with Crippen LogP contribution >= 0.6 is 0 Å². The zero-order chi connectivity index (χ0) is 16.4. The average Bonchev–Trinajstić information content (AvgIpc) is 2.54. The van der Waals surface area contributed by atoms with Gasteiger partial charge in [0, 0.05) is 5.39 Å². The number of aromatic carboxylic acids is 1. The molecule has 0 fully saturated rings. The SMILES string of the molecule is Cc1cc2nc(/C=C/c3ccccc3)cc(C(=O)O)c2cc1C. The van der Waals surface area contributed by atoms with Gasteiger partial charge in [0.2, 0.25) is 0 Å². The van der Waals surface area contributed by atoms with Crippen LogP contribution in [0.2, 0.25) is 0 Å². The predicted octanol–water partition coefficient (Wildman–Crippen LogP) is 4.72. The molecule has 0 unspecified atom stereocenters. The van der Waals surface area contributed by atoms with Gasteiger partial charge in [-0.05, 0) is 54.8 Å². The van der Waals surface area contributed by atoms with E-state index in [1.54, 1.807) is 6.07 Å². The summed E-state index contributed by atoms with van der Waals surface area (Å²) in [6.45, 7) is 3.98. The van der Waals surface area contributed by atoms with Gasteiger partial charge in [-0.15, -0.1) is 0 Å². The van der Waals surface area contributed by atoms with E-state index in [9.17, 15) is 9.90 Å². The van der Waals surface area contributed by atoms with Crippen molar-refractivity contribution in [3.05, 3.63) is 76.5 Å². The highest BCUT2D eigenvalue weighted by molar-refractivity contribution is 6.03. The van der Waals surface area contributed by atoms with Gasteiger partial charge in [-0.25, -0.2) is 9.78 Å². The van der Waals surface area contributed by atoms with Crippen molar-refractivity contribution in [2.45, 2.75) is 13.8 Å². The summed E-state index contributed by atoms with van der Waals surface area (Å²) in [4.78, 5) is 16.2. The number of carboxylic acid groups (broad SMARTS) is 1. The van der Waals surface area contributed by atoms with Crippen LogP contribution in [0.5, 0.6) is 0 Å². The van der Waals surface area contributed by atoms with E-state index < -0.39 is 5.97 Å². The van der Waals surface area contributed by atoms with E-state index in [4.69, 9.17) is 0 Å². The van der Waals surface area contributed by atoms with Gasteiger partial charge in [-0.3, -0.25) is 0 Å². The Kier molecular flexibility index (Phi) is 3.94. The number of carboxylic acids is 1. The number of benzene rings is 2. The molecule has 3 rings (SSSR count). The van der Waals surface area contributed by atoms with Gasteiger partial charge in [-0.1, -0.05) is 36.4 Å². The lowest BCUT2D eigenvalue weighted by Crippen LogP contribution is -2.01. The van der Waals surface area contributed by atoms with Crippen molar-refractivity contribution in [3.8, 4) is 0 Å². The van der Waals surface area contributed by atoms with Crippen LogP contribution in [0.4, 0.5) is 0 Å². The molecule has 0 saturated carbocycles. The van der Waals surface area contributed by atoms with E-state index >= 15 is 0 Å². The first kappa shape index (κ1) is 15.0. The first-order valence-electron chi connectivity index (χ1n) is 7.43. The van der Waals surface area contributed by atoms with Gasteiger partial charge in [-0.2, -0.15) is 0 Å². The van der Waals surface area contributed by atoms with E-state index in [0.717, 1.165) is 16.7 Å². The molecule has 3 nitrogen and oxygen atoms in total. The second kappa shape index (κ2) is 6.05. The third kappa shape index (κ3) is 3.14. The lowest BCUT2D eigenvalue weighted by atomic mass is 10.0. The van der Waals surface area contributed by atoms with Crippen molar-refractivity contribution in [1.82, 2.24) is 4.98 Å². The largest absolute Gasteiger partial charge is 0.478 e. The first-order valence-corrected chi connectivity index (χ1v) is 7.43. The van der Waals surface area contributed by atoms with Crippen molar-refractivity contribution in [3.63, 3.8) is 0 Å². The molecule has 1 N–H and O–H groups in total. The quantitative estimate of drug-likeness (QED) is 0.761. The predicted molar refractivity (Wildman–Crippen MR) is 93.5 cm³/mol. The number of fused-ring (bicyclic) bond motifs is 1. The van der Waals surface area contributed by atoms with Crippen LogP contribution in [0, 0.1) is 13.8 Å². The Morgan fingerprint density at radius 1 is 1.00 bits per heavy atom. The molecule has 1 heterocycles. The molecule has 0 saturated heterocycles. The molecule has 1 aromatic heterocycles. The van der Waals surface area contributed by atoms with Crippen molar-refractivity contribution in [1.29, 1.82) is 0 Å². The first-order chi connectivity index (χ1) is 11.0. The van der Waals surface area contributed by atoms with Crippen LogP contribution in [0.25, 0.3) is 23.1 Å². The number of pyridine rings is 1. The highest BCUT2D eigenvalue weighted by Gasteiger charge is 2.12. The number of aromatic nitrogens is 1. The van der Waals surface area contributed by atoms with E-state index in [1.165, 1.54) is 0 Å². The summed E-state index contributed by atoms with van der Waals surface area (Å²) in [5.41, 5.74) is 4.85. The number of carbonyl (C=O) groups is 1. The summed E-state index contributed by atoms with van der Waals surface area (Å²) in [7, 11) is 0. The molecule has 3 heteroatoms. The summed E-state index contributed by atoms with van der Waals surface area (Å²) < 4.78 is 0. The summed E-state index contributed by atoms with van der Waals surface area (Å²) in [5.74, 6) is -0.935. The van der Waals surface area contributed by atoms with Crippen LogP contribution in [-0.2, 0) is 0 Å². The fraction of sp³-hybridized carbons (Fsp3) is 0.100. The summed E-state index contributed by atoms with van der Waals surface area (Å²) in [6, 6.07) is 15.3. The van der Waals surface area contributed by atoms with Gasteiger partial charge in [0.15, 0.2) is 0 Å². The second-order valence-corrected chi connectivity index (χ2v) is 5.60. The molecule has 0 atom stereocenters. The third-order valence-corrected chi connectivity index (χ3v) is 3.92. The Hall–Kier alpha value is -2.94. The van der Waals surface area contributed by atoms with E-state index in [0.29, 0.717) is 16.6 Å². The van der Waals surface area contributed by atoms with Crippen molar-refractivity contribution < 1.29 is 9.90 Å². The lowest BCUT2D eigenvalue weighted by molar-refractivity contribution is 0.0699. The van der Waals surface area contributed by atoms with E-state index in [1.807, 2.05) is 68.5 Å². The van der Waals surface area contributed by atoms with Crippen LogP contribution in [0.3, 0.4) is 0 Å². The Balaban J connectivity index is 2.13. The molecule has 0 aliphatic carbocycles. The molecular formula is C20H17NO2. The maximum absolute atomic E-state index is 11.6. The number of hydrogen-bond donors (Lipinski definition) is 1. The monoisotopic (exact) mass is 303 g/mol. The Labute approximate surface area is 134 Å². The van der Waals surface area contributed by atoms with Crippen molar-refractivity contribution in [2.75, 3.05) is 0 Å². The smallest absolute Gasteiger partial charge is 0.336 e. The molecule has 3 aromatic rings. The topological polar surface area (TPSA) is 50.2 Å². The normalized spacial score (nSPS) is 11.2. The second-order valence-electron chi connectivity index (χ2n) is 5.60. The minimum Gasteiger partial charge on any atom is -0.478 e. The van der Waals surface area contributed by atoms with Gasteiger partial charge >= 0.3 is 5.97 Å². The van der Waals surface area contributed by atoms with Crippen LogP contribution < -0.4 is 0 Å². The molecule has 0 aliphatic rings. The molecule has 0 spiro atoms. The highest BCUT2D eigenvalue weighted by Crippen LogP contribution is 2.23. The zero-order valence-corrected chi connectivity index (χ0v) is 13.1. The molecule has 2 aromatic carbocycles. The molecular weight excluding hydrogens is 286 g/mol. The van der Waals surface area contributed by atoms with E-state index in [-0.39, 0.29) is 5.56 Å². The molecule has 114 valence electrons. The average molecular weight is 303 g/mol. The maximum Gasteiger partial charge on any atom is 0.336 e. The van der Waals surface area contributed by atoms with Gasteiger partial charge in [0.1, 0.15) is 0 Å². The number of hydrogen-bond acceptors (Lipinski definition) is 2. The summed E-state index contributed by atoms with van der Waals surface area (Å²) in [5, 5.41) is 10.2. The van der Waals surface area contributed by atoms with Gasteiger partial charge < -0.3 is 5.11 Å². The molecule has 0 bridgehead atoms. The fourth-order valence-electron chi connectivity index (χ4n) is 2.51. The van der Waals surface area contributed by atoms with Crippen LogP contribution in [-0.4, -0.2) is 16.1 Å². The third-order valence-electron chi connectivity index (χ3n) is 3.92. The standard InChI is InChI=1S/C20H17NO2/c1-13-10-17-18(20(22)23)12-16(21-19(17)11-14(13)2)9-8-15-6-4-3-5-7-15/h3-12H,1-2H3,(H,22,23)/b9-8+. The Bertz CT molecular complexity index is 912. The zero-order valence-electron chi connectivity index (χ0n) is 13.1. The molecule has 23 heavy (non-hydrogen) atoms. The number of rotatable bonds is 3. The molecule has 0 amide bonds. The summed E-state index contributed by atoms with van der Waals surface area (Å²) in [6.07, 6.45) is 3.78. The Morgan fingerprint density at radius 3 is 2.39 bits per heavy atom. The Morgan fingerprint density at radius 2 is 1.70 bits per heavy atom. The fourth-order valence-corrected chi connectivity index (χ4v) is 2.51. The van der Waals surface area contributed by atoms with Crippen LogP contribution in [0.1, 0.15) is 32.7 Å². The van der Waals surface area contributed by atoms with E-state index in [2.05, 4.69) is 4.98 Å². The lowest BCUT2D eigenvalue weighted by Gasteiger charge is -2.08. The van der Waals surface area contributed by atoms with Gasteiger partial charge in [0.25, 0.3) is 0 Å². The van der Waals surface area contributed by atoms with Crippen LogP contribution in [0.15, 0.2) is 48.5 Å². The maximum atomic E-state index is 11.6. The molecule has 0 radical (unpaired) electrons. The summed E-state index contributed by atoms with van der Waals surface area (Å²) >= 11 is 0.